The minimum absolute atomic E-state index is 0.0978. The zero-order chi connectivity index (χ0) is 39.6. The van der Waals surface area contributed by atoms with Crippen molar-refractivity contribution in [2.24, 2.45) is 5.92 Å². The van der Waals surface area contributed by atoms with Gasteiger partial charge in [0.25, 0.3) is 0 Å². The first-order valence-electron chi connectivity index (χ1n) is 19.2. The van der Waals surface area contributed by atoms with Gasteiger partial charge in [0.2, 0.25) is 11.8 Å². The van der Waals surface area contributed by atoms with E-state index >= 15 is 0 Å². The van der Waals surface area contributed by atoms with Crippen LogP contribution in [0.5, 0.6) is 0 Å². The number of H-pyrrole nitrogens is 2. The van der Waals surface area contributed by atoms with Crippen molar-refractivity contribution in [2.75, 3.05) is 33.9 Å². The minimum Gasteiger partial charge on any atom is -0.453 e. The Kier molecular flexibility index (Phi) is 13.1. The third-order valence-electron chi connectivity index (χ3n) is 10.2. The zero-order valence-electron chi connectivity index (χ0n) is 32.4. The number of amides is 4. The van der Waals surface area contributed by atoms with Gasteiger partial charge in [0.05, 0.1) is 44.4 Å². The van der Waals surface area contributed by atoms with Gasteiger partial charge in [-0.3, -0.25) is 9.59 Å². The number of rotatable bonds is 12. The Labute approximate surface area is 326 Å². The van der Waals surface area contributed by atoms with E-state index in [2.05, 4.69) is 59.6 Å². The van der Waals surface area contributed by atoms with Crippen LogP contribution >= 0.6 is 0 Å². The molecule has 1 aliphatic heterocycles. The van der Waals surface area contributed by atoms with Crippen molar-refractivity contribution >= 4 is 24.0 Å². The predicted molar refractivity (Wildman–Crippen MR) is 210 cm³/mol. The molecular weight excluding hydrogens is 713 g/mol. The number of hydrogen-bond acceptors (Lipinski definition) is 8. The fraction of sp³-hybridized carbons (Fsp3) is 0.429. The summed E-state index contributed by atoms with van der Waals surface area (Å²) in [4.78, 5) is 67.0. The number of alkyl carbamates (subject to hydrolysis) is 2. The van der Waals surface area contributed by atoms with Crippen LogP contribution in [0.1, 0.15) is 86.0 Å². The molecule has 2 aliphatic rings. The number of aromatic nitrogens is 4. The van der Waals surface area contributed by atoms with E-state index in [0.717, 1.165) is 102 Å². The van der Waals surface area contributed by atoms with E-state index < -0.39 is 18.2 Å². The standard InChI is InChI=1S/C42H50N8O6/c1-26(2)37(49-42(54)56-4)40(52)50-22-8-11-34(50)39-47-32-10-7-9-30-23-28(17-20-31(30)38(32)48-39)14-13-27-15-18-29(19-16-27)33-24-44-35(46-33)12-5-6-21-43-36(51)25-45-41(53)55-3/h15-20,23-24,26,34,37H,5-12,21-22,25H2,1-4H3,(H,43,51)(H,44,46)(H,45,53)(H,47,48)(H,49,54). The average Bonchev–Trinajstić information content (AvgIpc) is 3.97. The number of nitrogens with one attached hydrogen (secondary N) is 5. The maximum Gasteiger partial charge on any atom is 0.407 e. The second kappa shape index (κ2) is 18.5. The molecule has 2 aromatic carbocycles. The highest BCUT2D eigenvalue weighted by Crippen LogP contribution is 2.37. The van der Waals surface area contributed by atoms with Crippen LogP contribution in [0.25, 0.3) is 22.5 Å². The highest BCUT2D eigenvalue weighted by molar-refractivity contribution is 5.86. The quantitative estimate of drug-likeness (QED) is 0.0965. The Morgan fingerprint density at radius 2 is 1.70 bits per heavy atom. The Morgan fingerprint density at radius 3 is 2.46 bits per heavy atom. The normalized spacial score (nSPS) is 15.1. The largest absolute Gasteiger partial charge is 0.453 e. The zero-order valence-corrected chi connectivity index (χ0v) is 32.4. The van der Waals surface area contributed by atoms with Gasteiger partial charge in [-0.15, -0.1) is 0 Å². The number of ether oxygens (including phenoxy) is 2. The number of benzene rings is 2. The fourth-order valence-corrected chi connectivity index (χ4v) is 7.20. The molecule has 0 spiro atoms. The van der Waals surface area contributed by atoms with Crippen molar-refractivity contribution < 1.29 is 28.7 Å². The molecule has 2 aromatic heterocycles. The molecule has 5 N–H and O–H groups in total. The van der Waals surface area contributed by atoms with Crippen molar-refractivity contribution in [1.82, 2.24) is 40.8 Å². The van der Waals surface area contributed by atoms with Gasteiger partial charge in [0, 0.05) is 41.9 Å². The highest BCUT2D eigenvalue weighted by Gasteiger charge is 2.38. The highest BCUT2D eigenvalue weighted by atomic mass is 16.5. The van der Waals surface area contributed by atoms with Crippen LogP contribution in [-0.4, -0.2) is 88.7 Å². The summed E-state index contributed by atoms with van der Waals surface area (Å²) in [5.41, 5.74) is 8.11. The van der Waals surface area contributed by atoms with Crippen LogP contribution in [0.3, 0.4) is 0 Å². The van der Waals surface area contributed by atoms with Gasteiger partial charge in [0.15, 0.2) is 0 Å². The Balaban J connectivity index is 1.05. The molecule has 0 bridgehead atoms. The number of aromatic amines is 2. The number of imidazole rings is 2. The van der Waals surface area contributed by atoms with Gasteiger partial charge >= 0.3 is 12.2 Å². The average molecular weight is 763 g/mol. The number of nitrogens with zero attached hydrogens (tertiary/aromatic N) is 3. The number of methoxy groups -OCH3 is 2. The predicted octanol–water partition coefficient (Wildman–Crippen LogP) is 5.19. The Morgan fingerprint density at radius 1 is 0.929 bits per heavy atom. The number of fused-ring (bicyclic) bond motifs is 3. The van der Waals surface area contributed by atoms with E-state index in [1.165, 1.54) is 19.8 Å². The summed E-state index contributed by atoms with van der Waals surface area (Å²) in [5.74, 6) is 7.85. The van der Waals surface area contributed by atoms with Crippen LogP contribution in [0.15, 0.2) is 48.7 Å². The van der Waals surface area contributed by atoms with Crippen molar-refractivity contribution in [3.05, 3.63) is 82.7 Å². The number of carbonyl (C=O) groups is 4. The Bertz CT molecular complexity index is 2090. The molecule has 4 amide bonds. The molecule has 14 heteroatoms. The summed E-state index contributed by atoms with van der Waals surface area (Å²) in [6.07, 6.45) is 7.37. The van der Waals surface area contributed by atoms with Crippen molar-refractivity contribution in [1.29, 1.82) is 0 Å². The lowest BCUT2D eigenvalue weighted by Crippen LogP contribution is -2.51. The molecule has 14 nitrogen and oxygen atoms in total. The first kappa shape index (κ1) is 39.6. The van der Waals surface area contributed by atoms with Gasteiger partial charge < -0.3 is 40.3 Å². The van der Waals surface area contributed by atoms with Gasteiger partial charge in [0.1, 0.15) is 17.7 Å². The van der Waals surface area contributed by atoms with E-state index in [1.807, 2.05) is 55.3 Å². The molecule has 2 atom stereocenters. The lowest BCUT2D eigenvalue weighted by molar-refractivity contribution is -0.135. The minimum atomic E-state index is -0.679. The molecular formula is C42H50N8O6. The summed E-state index contributed by atoms with van der Waals surface area (Å²) >= 11 is 0. The van der Waals surface area contributed by atoms with Crippen molar-refractivity contribution in [2.45, 2.75) is 77.3 Å². The van der Waals surface area contributed by atoms with Crippen LogP contribution in [0, 0.1) is 17.8 Å². The summed E-state index contributed by atoms with van der Waals surface area (Å²) in [6, 6.07) is 13.5. The molecule has 4 aromatic rings. The van der Waals surface area contributed by atoms with Gasteiger partial charge in [-0.2, -0.15) is 0 Å². The third-order valence-corrected chi connectivity index (χ3v) is 10.2. The maximum atomic E-state index is 13.7. The summed E-state index contributed by atoms with van der Waals surface area (Å²) in [5, 5.41) is 7.85. The molecule has 1 saturated heterocycles. The van der Waals surface area contributed by atoms with Crippen LogP contribution in [0.4, 0.5) is 9.59 Å². The van der Waals surface area contributed by atoms with Gasteiger partial charge in [-0.05, 0) is 86.3 Å². The first-order valence-corrected chi connectivity index (χ1v) is 19.2. The van der Waals surface area contributed by atoms with Crippen molar-refractivity contribution in [3.63, 3.8) is 0 Å². The second-order valence-electron chi connectivity index (χ2n) is 14.4. The number of hydrogen-bond donors (Lipinski definition) is 5. The third kappa shape index (κ3) is 9.76. The maximum absolute atomic E-state index is 13.7. The lowest BCUT2D eigenvalue weighted by atomic mass is 9.99. The summed E-state index contributed by atoms with van der Waals surface area (Å²) in [6.45, 7) is 4.84. The van der Waals surface area contributed by atoms with Crippen LogP contribution in [0.2, 0.25) is 0 Å². The molecule has 1 aliphatic carbocycles. The molecule has 2 unspecified atom stereocenters. The SMILES string of the molecule is COC(=O)NCC(=O)NCCCCc1ncc(-c2ccc(C#Cc3ccc4c(c3)CCCc3[nH]c(C5CCCN5C(=O)C(NC(=O)OC)C(C)C)nc3-4)cc2)[nH]1. The monoisotopic (exact) mass is 762 g/mol. The van der Waals surface area contributed by atoms with Gasteiger partial charge in [-0.1, -0.05) is 43.9 Å². The molecule has 6 rings (SSSR count). The number of likely N-dealkylation sites (tertiary alicyclic amines) is 1. The van der Waals surface area contributed by atoms with Crippen LogP contribution < -0.4 is 16.0 Å². The number of aryl methyl sites for hydroxylation is 3. The van der Waals surface area contributed by atoms with E-state index in [-0.39, 0.29) is 30.3 Å². The molecule has 56 heavy (non-hydrogen) atoms. The molecule has 0 saturated carbocycles. The lowest BCUT2D eigenvalue weighted by Gasteiger charge is -2.30. The Hall–Kier alpha value is -6.10. The fourth-order valence-electron chi connectivity index (χ4n) is 7.20. The van der Waals surface area contributed by atoms with E-state index in [1.54, 1.807) is 0 Å². The molecule has 1 fully saturated rings. The summed E-state index contributed by atoms with van der Waals surface area (Å²) in [7, 11) is 2.55. The smallest absolute Gasteiger partial charge is 0.407 e. The van der Waals surface area contributed by atoms with Gasteiger partial charge in [-0.25, -0.2) is 19.6 Å². The van der Waals surface area contributed by atoms with E-state index in [0.29, 0.717) is 13.1 Å². The first-order chi connectivity index (χ1) is 27.1. The molecule has 294 valence electrons. The summed E-state index contributed by atoms with van der Waals surface area (Å²) < 4.78 is 9.24. The topological polar surface area (TPSA) is 183 Å². The number of carbonyl (C=O) groups excluding carboxylic acids is 4. The van der Waals surface area contributed by atoms with Crippen molar-refractivity contribution in [3.8, 4) is 34.4 Å². The molecule has 0 radical (unpaired) electrons. The number of unbranched alkanes of at least 4 members (excludes halogenated alkanes) is 1. The van der Waals surface area contributed by atoms with Crippen LogP contribution in [-0.2, 0) is 38.3 Å². The van der Waals surface area contributed by atoms with E-state index in [4.69, 9.17) is 9.72 Å². The van der Waals surface area contributed by atoms with E-state index in [9.17, 15) is 19.2 Å². The molecule has 3 heterocycles. The second-order valence-corrected chi connectivity index (χ2v) is 14.4.